The highest BCUT2D eigenvalue weighted by Crippen LogP contribution is 2.24. The predicted octanol–water partition coefficient (Wildman–Crippen LogP) is 3.26. The van der Waals surface area contributed by atoms with Gasteiger partial charge in [-0.3, -0.25) is 4.79 Å². The maximum absolute atomic E-state index is 12.7. The van der Waals surface area contributed by atoms with E-state index in [0.29, 0.717) is 11.3 Å². The van der Waals surface area contributed by atoms with Gasteiger partial charge in [0.2, 0.25) is 0 Å². The topological polar surface area (TPSA) is 97.4 Å². The van der Waals surface area contributed by atoms with Gasteiger partial charge in [0.1, 0.15) is 5.69 Å². The van der Waals surface area contributed by atoms with Crippen LogP contribution in [-0.4, -0.2) is 21.2 Å². The van der Waals surface area contributed by atoms with Crippen LogP contribution >= 0.6 is 0 Å². The summed E-state index contributed by atoms with van der Waals surface area (Å²) in [5.74, 6) is 0.0103. The number of hydroxylamine groups is 1. The molecule has 0 aliphatic heterocycles. The van der Waals surface area contributed by atoms with Gasteiger partial charge in [-0.15, -0.1) is 0 Å². The Morgan fingerprint density at radius 2 is 1.69 bits per heavy atom. The van der Waals surface area contributed by atoms with Crippen LogP contribution in [0.25, 0.3) is 10.9 Å². The Bertz CT molecular complexity index is 854. The van der Waals surface area contributed by atoms with Crippen LogP contribution in [0, 0.1) is 5.92 Å². The predicted molar refractivity (Wildman–Crippen MR) is 99.7 cm³/mol. The second-order valence-electron chi connectivity index (χ2n) is 6.66. The van der Waals surface area contributed by atoms with Gasteiger partial charge in [0.05, 0.1) is 6.04 Å². The molecule has 6 nitrogen and oxygen atoms in total. The van der Waals surface area contributed by atoms with Crippen molar-refractivity contribution in [3.8, 4) is 0 Å². The molecular formula is C20H23N3O3. The van der Waals surface area contributed by atoms with Gasteiger partial charge in [-0.25, -0.2) is 0 Å². The maximum atomic E-state index is 12.7. The second kappa shape index (κ2) is 7.70. The Labute approximate surface area is 151 Å². The number of H-pyrrole nitrogens is 1. The Kier molecular flexibility index (Phi) is 5.37. The first-order chi connectivity index (χ1) is 12.5. The molecule has 26 heavy (non-hydrogen) atoms. The van der Waals surface area contributed by atoms with Gasteiger partial charge in [-0.2, -0.15) is 5.48 Å². The molecule has 3 rings (SSSR count). The van der Waals surface area contributed by atoms with Crippen molar-refractivity contribution >= 4 is 16.8 Å². The largest absolute Gasteiger partial charge is 0.372 e. The molecule has 0 aliphatic rings. The fourth-order valence-electron chi connectivity index (χ4n) is 3.01. The molecule has 1 amide bonds. The molecule has 5 N–H and O–H groups in total. The zero-order valence-corrected chi connectivity index (χ0v) is 14.7. The first-order valence-corrected chi connectivity index (χ1v) is 8.55. The number of aliphatic hydroxyl groups is 1. The van der Waals surface area contributed by atoms with Gasteiger partial charge < -0.3 is 20.6 Å². The lowest BCUT2D eigenvalue weighted by molar-refractivity contribution is 0.000685. The number of aliphatic hydroxyl groups excluding tert-OH is 1. The number of para-hydroxylation sites is 1. The number of aromatic nitrogens is 1. The molecule has 1 heterocycles. The summed E-state index contributed by atoms with van der Waals surface area (Å²) >= 11 is 0. The minimum Gasteiger partial charge on any atom is -0.372 e. The molecule has 0 spiro atoms. The van der Waals surface area contributed by atoms with E-state index in [1.54, 1.807) is 17.6 Å². The molecule has 136 valence electrons. The van der Waals surface area contributed by atoms with E-state index in [1.807, 2.05) is 56.3 Å². The minimum absolute atomic E-state index is 0.166. The average molecular weight is 353 g/mol. The van der Waals surface area contributed by atoms with E-state index in [1.165, 1.54) is 0 Å². The fourth-order valence-corrected chi connectivity index (χ4v) is 3.01. The standard InChI is InChI=1S/C20H23N3O3/c1-12(2)18(13-7-9-14(10-8-13)19(24)23-26)22-20(25)17-11-15-5-3-4-6-16(15)21-17/h3-12,18-19,21,23-24,26H,1-2H3,(H,22,25)/t18-,19?/m0/s1. The van der Waals surface area contributed by atoms with Crippen molar-refractivity contribution in [2.24, 2.45) is 5.92 Å². The summed E-state index contributed by atoms with van der Waals surface area (Å²) in [7, 11) is 0. The van der Waals surface area contributed by atoms with E-state index in [2.05, 4.69) is 10.3 Å². The molecule has 0 bridgehead atoms. The molecule has 0 saturated carbocycles. The normalized spacial score (nSPS) is 13.7. The van der Waals surface area contributed by atoms with Crippen LogP contribution in [0.3, 0.4) is 0 Å². The molecule has 1 aromatic heterocycles. The van der Waals surface area contributed by atoms with Crippen molar-refractivity contribution in [2.45, 2.75) is 26.1 Å². The van der Waals surface area contributed by atoms with E-state index in [4.69, 9.17) is 5.21 Å². The number of rotatable bonds is 6. The Morgan fingerprint density at radius 3 is 2.31 bits per heavy atom. The van der Waals surface area contributed by atoms with Crippen LogP contribution in [-0.2, 0) is 0 Å². The molecule has 2 aromatic carbocycles. The van der Waals surface area contributed by atoms with E-state index < -0.39 is 6.23 Å². The number of carbonyl (C=O) groups excluding carboxylic acids is 1. The van der Waals surface area contributed by atoms with Crippen molar-refractivity contribution in [3.05, 3.63) is 71.4 Å². The number of fused-ring (bicyclic) bond motifs is 1. The van der Waals surface area contributed by atoms with E-state index in [9.17, 15) is 9.90 Å². The van der Waals surface area contributed by atoms with Gasteiger partial charge in [0, 0.05) is 10.9 Å². The van der Waals surface area contributed by atoms with Gasteiger partial charge in [0.25, 0.3) is 5.91 Å². The highest BCUT2D eigenvalue weighted by atomic mass is 16.5. The van der Waals surface area contributed by atoms with Crippen LogP contribution in [0.1, 0.15) is 47.7 Å². The lowest BCUT2D eigenvalue weighted by Crippen LogP contribution is -2.32. The number of amides is 1. The molecule has 0 aliphatic carbocycles. The third-order valence-corrected chi connectivity index (χ3v) is 4.46. The van der Waals surface area contributed by atoms with Crippen molar-refractivity contribution < 1.29 is 15.1 Å². The number of hydrogen-bond donors (Lipinski definition) is 5. The second-order valence-corrected chi connectivity index (χ2v) is 6.66. The summed E-state index contributed by atoms with van der Waals surface area (Å²) < 4.78 is 0. The SMILES string of the molecule is CC(C)[C@H](NC(=O)c1cc2ccccc2[nH]1)c1ccc(C(O)NO)cc1. The Balaban J connectivity index is 1.80. The van der Waals surface area contributed by atoms with Crippen molar-refractivity contribution in [1.82, 2.24) is 15.8 Å². The molecular weight excluding hydrogens is 330 g/mol. The molecule has 2 atom stereocenters. The summed E-state index contributed by atoms with van der Waals surface area (Å²) in [4.78, 5) is 15.8. The highest BCUT2D eigenvalue weighted by Gasteiger charge is 2.20. The minimum atomic E-state index is -1.14. The fraction of sp³-hybridized carbons (Fsp3) is 0.250. The zero-order chi connectivity index (χ0) is 18.7. The first kappa shape index (κ1) is 18.1. The van der Waals surface area contributed by atoms with Crippen LogP contribution in [0.15, 0.2) is 54.6 Å². The highest BCUT2D eigenvalue weighted by molar-refractivity contribution is 5.98. The lowest BCUT2D eigenvalue weighted by atomic mass is 9.95. The van der Waals surface area contributed by atoms with E-state index >= 15 is 0 Å². The molecule has 3 aromatic rings. The summed E-state index contributed by atoms with van der Waals surface area (Å²) in [5.41, 5.74) is 4.72. The number of nitrogens with one attached hydrogen (secondary N) is 3. The number of benzene rings is 2. The number of hydrogen-bond acceptors (Lipinski definition) is 4. The maximum Gasteiger partial charge on any atom is 0.268 e. The average Bonchev–Trinajstić information content (AvgIpc) is 3.09. The van der Waals surface area contributed by atoms with Crippen LogP contribution in [0.4, 0.5) is 0 Å². The van der Waals surface area contributed by atoms with E-state index in [-0.39, 0.29) is 17.9 Å². The first-order valence-electron chi connectivity index (χ1n) is 8.55. The Hall–Kier alpha value is -2.67. The van der Waals surface area contributed by atoms with Gasteiger partial charge in [-0.05, 0) is 29.2 Å². The molecule has 1 unspecified atom stereocenters. The summed E-state index contributed by atoms with van der Waals surface area (Å²) in [6.07, 6.45) is -1.14. The van der Waals surface area contributed by atoms with Crippen molar-refractivity contribution in [1.29, 1.82) is 0 Å². The Morgan fingerprint density at radius 1 is 1.04 bits per heavy atom. The third kappa shape index (κ3) is 3.77. The number of carbonyl (C=O) groups is 1. The third-order valence-electron chi connectivity index (χ3n) is 4.46. The lowest BCUT2D eigenvalue weighted by Gasteiger charge is -2.23. The van der Waals surface area contributed by atoms with Gasteiger partial charge in [0.15, 0.2) is 6.23 Å². The number of aromatic amines is 1. The van der Waals surface area contributed by atoms with Crippen LogP contribution < -0.4 is 10.8 Å². The molecule has 0 radical (unpaired) electrons. The molecule has 0 saturated heterocycles. The monoisotopic (exact) mass is 353 g/mol. The molecule has 6 heteroatoms. The zero-order valence-electron chi connectivity index (χ0n) is 14.7. The van der Waals surface area contributed by atoms with Crippen molar-refractivity contribution in [3.63, 3.8) is 0 Å². The van der Waals surface area contributed by atoms with Gasteiger partial charge in [-0.1, -0.05) is 56.3 Å². The molecule has 0 fully saturated rings. The summed E-state index contributed by atoms with van der Waals surface area (Å²) in [5, 5.41) is 22.5. The quantitative estimate of drug-likeness (QED) is 0.347. The van der Waals surface area contributed by atoms with Gasteiger partial charge >= 0.3 is 0 Å². The summed E-state index contributed by atoms with van der Waals surface area (Å²) in [6.45, 7) is 4.07. The van der Waals surface area contributed by atoms with E-state index in [0.717, 1.165) is 16.5 Å². The van der Waals surface area contributed by atoms with Crippen LogP contribution in [0.2, 0.25) is 0 Å². The smallest absolute Gasteiger partial charge is 0.268 e. The van der Waals surface area contributed by atoms with Crippen molar-refractivity contribution in [2.75, 3.05) is 0 Å². The van der Waals surface area contributed by atoms with Crippen LogP contribution in [0.5, 0.6) is 0 Å². The summed E-state index contributed by atoms with van der Waals surface area (Å²) in [6, 6.07) is 16.5.